The lowest BCUT2D eigenvalue weighted by molar-refractivity contribution is -0.141. The van der Waals surface area contributed by atoms with Gasteiger partial charge in [0.25, 0.3) is 0 Å². The van der Waals surface area contributed by atoms with Crippen LogP contribution in [0.1, 0.15) is 43.4 Å². The minimum absolute atomic E-state index is 0.0394. The summed E-state index contributed by atoms with van der Waals surface area (Å²) in [5.41, 5.74) is 1.18. The molecule has 0 aliphatic heterocycles. The van der Waals surface area contributed by atoms with Crippen molar-refractivity contribution in [3.8, 4) is 11.5 Å². The number of benzene rings is 1. The number of alkyl halides is 3. The number of aromatic nitrogens is 4. The molecule has 2 atom stereocenters. The molecular formula is C24H23F3N6. The van der Waals surface area contributed by atoms with Crippen molar-refractivity contribution < 1.29 is 13.2 Å². The monoisotopic (exact) mass is 452 g/mol. The maximum atomic E-state index is 13.2. The van der Waals surface area contributed by atoms with E-state index >= 15 is 0 Å². The van der Waals surface area contributed by atoms with Crippen LogP contribution in [0, 0.1) is 5.92 Å². The van der Waals surface area contributed by atoms with Gasteiger partial charge in [0.1, 0.15) is 11.4 Å². The maximum absolute atomic E-state index is 13.2. The molecule has 2 aliphatic rings. The molecule has 0 saturated heterocycles. The quantitative estimate of drug-likeness (QED) is 0.483. The highest BCUT2D eigenvalue weighted by atomic mass is 19.4. The van der Waals surface area contributed by atoms with Gasteiger partial charge >= 0.3 is 6.18 Å². The van der Waals surface area contributed by atoms with Crippen LogP contribution in [0.4, 0.5) is 25.1 Å². The molecule has 33 heavy (non-hydrogen) atoms. The minimum atomic E-state index is -4.55. The summed E-state index contributed by atoms with van der Waals surface area (Å²) >= 11 is 0. The highest BCUT2D eigenvalue weighted by Crippen LogP contribution is 2.42. The first-order chi connectivity index (χ1) is 15.8. The topological polar surface area (TPSA) is 75.6 Å². The summed E-state index contributed by atoms with van der Waals surface area (Å²) in [5, 5.41) is 6.47. The van der Waals surface area contributed by atoms with E-state index in [0.29, 0.717) is 17.8 Å². The molecule has 2 aliphatic carbocycles. The van der Waals surface area contributed by atoms with Crippen molar-refractivity contribution in [1.29, 1.82) is 0 Å². The average Bonchev–Trinajstić information content (AvgIpc) is 3.71. The lowest BCUT2D eigenvalue weighted by atomic mass is 10.1. The molecule has 2 heterocycles. The molecule has 170 valence electrons. The summed E-state index contributed by atoms with van der Waals surface area (Å²) in [6, 6.07) is 14.0. The molecule has 5 rings (SSSR count). The standard InChI is InChI=1S/C24H23F3N6/c1-14(12-15-10-11-15)28-22-31-21(18-8-5-9-20(29-18)24(25,26)27)32-23(33-22)30-19-13-17(19)16-6-3-2-4-7-16/h2-9,12,15,17,19H,10-11,13H2,1H3,(H2,28,30,31,32,33)/t17-,19+/m0/s1. The zero-order chi connectivity index (χ0) is 23.0. The van der Waals surface area contributed by atoms with E-state index in [0.717, 1.165) is 31.0 Å². The predicted octanol–water partition coefficient (Wildman–Crippen LogP) is 5.65. The van der Waals surface area contributed by atoms with Crippen molar-refractivity contribution in [3.05, 3.63) is 71.6 Å². The van der Waals surface area contributed by atoms with Crippen LogP contribution < -0.4 is 10.6 Å². The van der Waals surface area contributed by atoms with E-state index in [9.17, 15) is 13.2 Å². The van der Waals surface area contributed by atoms with Gasteiger partial charge in [0.15, 0.2) is 5.82 Å². The normalized spacial score (nSPS) is 20.4. The Morgan fingerprint density at radius 3 is 2.42 bits per heavy atom. The number of hydrogen-bond acceptors (Lipinski definition) is 6. The Hall–Kier alpha value is -3.49. The average molecular weight is 452 g/mol. The van der Waals surface area contributed by atoms with Crippen LogP contribution in [0.2, 0.25) is 0 Å². The second kappa shape index (κ2) is 8.46. The SMILES string of the molecule is CC(=CC1CC1)Nc1nc(N[C@@H]2C[C@H]2c2ccccc2)nc(-c2cccc(C(F)(F)F)n2)n1. The van der Waals surface area contributed by atoms with E-state index in [1.165, 1.54) is 17.7 Å². The minimum Gasteiger partial charge on any atom is -0.351 e. The smallest absolute Gasteiger partial charge is 0.351 e. The van der Waals surface area contributed by atoms with E-state index in [2.05, 4.69) is 48.8 Å². The third kappa shape index (κ3) is 5.30. The second-order valence-electron chi connectivity index (χ2n) is 8.53. The molecule has 2 saturated carbocycles. The molecule has 2 aromatic heterocycles. The van der Waals surface area contributed by atoms with Gasteiger partial charge in [-0.3, -0.25) is 0 Å². The Morgan fingerprint density at radius 1 is 0.939 bits per heavy atom. The molecule has 2 N–H and O–H groups in total. The predicted molar refractivity (Wildman–Crippen MR) is 119 cm³/mol. The number of rotatable bonds is 7. The Bertz CT molecular complexity index is 1170. The lowest BCUT2D eigenvalue weighted by Crippen LogP contribution is -2.13. The fraction of sp³-hybridized carbons (Fsp3) is 0.333. The molecule has 0 bridgehead atoms. The molecule has 0 radical (unpaired) electrons. The first kappa shape index (κ1) is 21.4. The van der Waals surface area contributed by atoms with Gasteiger partial charge in [0.2, 0.25) is 11.9 Å². The van der Waals surface area contributed by atoms with Gasteiger partial charge in [-0.05, 0) is 49.8 Å². The second-order valence-corrected chi connectivity index (χ2v) is 8.53. The first-order valence-corrected chi connectivity index (χ1v) is 10.9. The highest BCUT2D eigenvalue weighted by Gasteiger charge is 2.39. The van der Waals surface area contributed by atoms with Crippen LogP contribution in [-0.4, -0.2) is 26.0 Å². The van der Waals surface area contributed by atoms with E-state index < -0.39 is 11.9 Å². The van der Waals surface area contributed by atoms with Gasteiger partial charge in [-0.15, -0.1) is 0 Å². The number of pyridine rings is 1. The summed E-state index contributed by atoms with van der Waals surface area (Å²) in [4.78, 5) is 17.0. The van der Waals surface area contributed by atoms with Crippen LogP contribution in [0.15, 0.2) is 60.3 Å². The molecule has 1 aromatic carbocycles. The van der Waals surface area contributed by atoms with Crippen LogP contribution in [-0.2, 0) is 6.18 Å². The number of hydrogen-bond donors (Lipinski definition) is 2. The Kier molecular flexibility index (Phi) is 5.47. The van der Waals surface area contributed by atoms with Crippen molar-refractivity contribution >= 4 is 11.9 Å². The molecule has 2 fully saturated rings. The number of anilines is 2. The summed E-state index contributed by atoms with van der Waals surface area (Å²) < 4.78 is 39.5. The third-order valence-electron chi connectivity index (χ3n) is 5.65. The van der Waals surface area contributed by atoms with Crippen LogP contribution >= 0.6 is 0 Å². The molecular weight excluding hydrogens is 429 g/mol. The summed E-state index contributed by atoms with van der Waals surface area (Å²) in [5.74, 6) is 1.56. The van der Waals surface area contributed by atoms with Crippen LogP contribution in [0.25, 0.3) is 11.5 Å². The first-order valence-electron chi connectivity index (χ1n) is 10.9. The lowest BCUT2D eigenvalue weighted by Gasteiger charge is -2.12. The fourth-order valence-electron chi connectivity index (χ4n) is 3.75. The zero-order valence-electron chi connectivity index (χ0n) is 18.0. The molecule has 6 nitrogen and oxygen atoms in total. The summed E-state index contributed by atoms with van der Waals surface area (Å²) in [6.07, 6.45) is 0.809. The van der Waals surface area contributed by atoms with Crippen molar-refractivity contribution in [2.45, 2.75) is 44.3 Å². The Labute approximate surface area is 189 Å². The van der Waals surface area contributed by atoms with Gasteiger partial charge in [-0.1, -0.05) is 42.5 Å². The number of allylic oxidation sites excluding steroid dienone is 2. The molecule has 0 unspecified atom stereocenters. The zero-order valence-corrected chi connectivity index (χ0v) is 18.0. The van der Waals surface area contributed by atoms with Crippen molar-refractivity contribution in [3.63, 3.8) is 0 Å². The Balaban J connectivity index is 1.43. The molecule has 0 spiro atoms. The van der Waals surface area contributed by atoms with Gasteiger partial charge in [0, 0.05) is 17.7 Å². The van der Waals surface area contributed by atoms with E-state index in [-0.39, 0.29) is 23.5 Å². The molecule has 3 aromatic rings. The van der Waals surface area contributed by atoms with Gasteiger partial charge < -0.3 is 10.6 Å². The Morgan fingerprint density at radius 2 is 1.70 bits per heavy atom. The largest absolute Gasteiger partial charge is 0.433 e. The van der Waals surface area contributed by atoms with E-state index in [1.54, 1.807) is 0 Å². The number of nitrogens with zero attached hydrogens (tertiary/aromatic N) is 4. The summed E-state index contributed by atoms with van der Waals surface area (Å²) in [6.45, 7) is 1.92. The maximum Gasteiger partial charge on any atom is 0.433 e. The van der Waals surface area contributed by atoms with E-state index in [4.69, 9.17) is 0 Å². The van der Waals surface area contributed by atoms with Crippen molar-refractivity contribution in [2.75, 3.05) is 10.6 Å². The molecule has 9 heteroatoms. The molecule has 0 amide bonds. The van der Waals surface area contributed by atoms with Crippen LogP contribution in [0.3, 0.4) is 0 Å². The number of halogens is 3. The highest BCUT2D eigenvalue weighted by molar-refractivity contribution is 5.55. The van der Waals surface area contributed by atoms with Crippen molar-refractivity contribution in [1.82, 2.24) is 19.9 Å². The third-order valence-corrected chi connectivity index (χ3v) is 5.65. The van der Waals surface area contributed by atoms with Gasteiger partial charge in [0.05, 0.1) is 0 Å². The van der Waals surface area contributed by atoms with Gasteiger partial charge in [-0.25, -0.2) is 4.98 Å². The van der Waals surface area contributed by atoms with Gasteiger partial charge in [-0.2, -0.15) is 28.1 Å². The fourth-order valence-corrected chi connectivity index (χ4v) is 3.75. The number of nitrogens with one attached hydrogen (secondary N) is 2. The summed E-state index contributed by atoms with van der Waals surface area (Å²) in [7, 11) is 0. The van der Waals surface area contributed by atoms with E-state index in [1.807, 2.05) is 25.1 Å². The van der Waals surface area contributed by atoms with Crippen LogP contribution in [0.5, 0.6) is 0 Å². The van der Waals surface area contributed by atoms with Crippen molar-refractivity contribution in [2.24, 2.45) is 5.92 Å².